The van der Waals surface area contributed by atoms with Crippen molar-refractivity contribution in [1.29, 1.82) is 0 Å². The van der Waals surface area contributed by atoms with Gasteiger partial charge in [-0.3, -0.25) is 4.79 Å². The van der Waals surface area contributed by atoms with Crippen LogP contribution in [0.3, 0.4) is 0 Å². The molecule has 92 valence electrons. The van der Waals surface area contributed by atoms with E-state index in [4.69, 9.17) is 0 Å². The van der Waals surface area contributed by atoms with Gasteiger partial charge >= 0.3 is 0 Å². The summed E-state index contributed by atoms with van der Waals surface area (Å²) in [4.78, 5) is 11.8. The van der Waals surface area contributed by atoms with Crippen molar-refractivity contribution in [3.8, 4) is 0 Å². The lowest BCUT2D eigenvalue weighted by Crippen LogP contribution is -1.94. The third-order valence-electron chi connectivity index (χ3n) is 2.74. The van der Waals surface area contributed by atoms with Crippen LogP contribution in [0.15, 0.2) is 23.3 Å². The van der Waals surface area contributed by atoms with E-state index in [2.05, 4.69) is 27.7 Å². The lowest BCUT2D eigenvalue weighted by atomic mass is 10.0. The first-order chi connectivity index (χ1) is 7.67. The number of allylic oxidation sites excluding steroid dienone is 4. The Bertz CT molecular complexity index is 233. The van der Waals surface area contributed by atoms with E-state index in [0.29, 0.717) is 0 Å². The molecule has 0 bridgehead atoms. The van der Waals surface area contributed by atoms with Crippen molar-refractivity contribution in [1.82, 2.24) is 0 Å². The second-order valence-electron chi connectivity index (χ2n) is 4.21. The summed E-state index contributed by atoms with van der Waals surface area (Å²) in [7, 11) is 0. The lowest BCUT2D eigenvalue weighted by molar-refractivity contribution is -0.110. The molecular weight excluding hydrogens is 196 g/mol. The zero-order chi connectivity index (χ0) is 12.4. The van der Waals surface area contributed by atoms with Gasteiger partial charge in [0.05, 0.1) is 0 Å². The molecule has 0 atom stereocenters. The fraction of sp³-hybridized carbons (Fsp3) is 0.667. The highest BCUT2D eigenvalue weighted by Crippen LogP contribution is 2.12. The average Bonchev–Trinajstić information content (AvgIpc) is 2.27. The standard InChI is InChI=1S/C15H26O/c1-5-9-13(7-3)11-15(16)12-14(8-4)10-6-2/h11-12H,5-10H2,1-4H3. The highest BCUT2D eigenvalue weighted by molar-refractivity contribution is 6.00. The molecule has 0 unspecified atom stereocenters. The van der Waals surface area contributed by atoms with Crippen LogP contribution in [0.4, 0.5) is 0 Å². The quantitative estimate of drug-likeness (QED) is 0.538. The minimum absolute atomic E-state index is 0.176. The lowest BCUT2D eigenvalue weighted by Gasteiger charge is -2.02. The molecule has 0 rings (SSSR count). The highest BCUT2D eigenvalue weighted by Gasteiger charge is 2.00. The van der Waals surface area contributed by atoms with E-state index in [-0.39, 0.29) is 5.78 Å². The van der Waals surface area contributed by atoms with Crippen LogP contribution in [0, 0.1) is 0 Å². The minimum atomic E-state index is 0.176. The van der Waals surface area contributed by atoms with Crippen LogP contribution in [-0.2, 0) is 4.79 Å². The first kappa shape index (κ1) is 15.2. The molecule has 0 radical (unpaired) electrons. The molecule has 0 aliphatic carbocycles. The number of hydrogen-bond acceptors (Lipinski definition) is 1. The van der Waals surface area contributed by atoms with E-state index in [1.807, 2.05) is 12.2 Å². The van der Waals surface area contributed by atoms with Gasteiger partial charge < -0.3 is 0 Å². The van der Waals surface area contributed by atoms with Gasteiger partial charge in [-0.25, -0.2) is 0 Å². The fourth-order valence-corrected chi connectivity index (χ4v) is 1.79. The van der Waals surface area contributed by atoms with Crippen molar-refractivity contribution < 1.29 is 4.79 Å². The summed E-state index contributed by atoms with van der Waals surface area (Å²) in [5.41, 5.74) is 2.55. The number of ketones is 1. The number of carbonyl (C=O) groups is 1. The molecule has 0 N–H and O–H groups in total. The van der Waals surface area contributed by atoms with E-state index >= 15 is 0 Å². The first-order valence-electron chi connectivity index (χ1n) is 6.60. The van der Waals surface area contributed by atoms with Gasteiger partial charge in [-0.05, 0) is 37.8 Å². The van der Waals surface area contributed by atoms with Gasteiger partial charge in [0.25, 0.3) is 0 Å². The second kappa shape index (κ2) is 9.38. The summed E-state index contributed by atoms with van der Waals surface area (Å²) >= 11 is 0. The summed E-state index contributed by atoms with van der Waals surface area (Å²) in [5.74, 6) is 0.176. The summed E-state index contributed by atoms with van der Waals surface area (Å²) in [6.45, 7) is 8.53. The van der Waals surface area contributed by atoms with Crippen molar-refractivity contribution in [2.75, 3.05) is 0 Å². The Balaban J connectivity index is 4.53. The molecule has 0 aliphatic heterocycles. The zero-order valence-electron chi connectivity index (χ0n) is 11.3. The first-order valence-corrected chi connectivity index (χ1v) is 6.60. The van der Waals surface area contributed by atoms with Gasteiger partial charge in [-0.15, -0.1) is 0 Å². The number of carbonyl (C=O) groups excluding carboxylic acids is 1. The molecule has 0 saturated heterocycles. The molecule has 0 aromatic carbocycles. The molecule has 0 aromatic heterocycles. The predicted octanol–water partition coefficient (Wildman–Crippen LogP) is 4.83. The number of hydrogen-bond donors (Lipinski definition) is 0. The van der Waals surface area contributed by atoms with Crippen LogP contribution in [0.5, 0.6) is 0 Å². The van der Waals surface area contributed by atoms with Crippen LogP contribution in [-0.4, -0.2) is 5.78 Å². The van der Waals surface area contributed by atoms with Crippen LogP contribution in [0.1, 0.15) is 66.2 Å². The summed E-state index contributed by atoms with van der Waals surface area (Å²) in [5, 5.41) is 0. The molecule has 0 amide bonds. The van der Waals surface area contributed by atoms with Gasteiger partial charge in [-0.2, -0.15) is 0 Å². The second-order valence-corrected chi connectivity index (χ2v) is 4.21. The summed E-state index contributed by atoms with van der Waals surface area (Å²) in [6.07, 6.45) is 9.96. The van der Waals surface area contributed by atoms with Crippen LogP contribution in [0.25, 0.3) is 0 Å². The van der Waals surface area contributed by atoms with Crippen molar-refractivity contribution in [3.05, 3.63) is 23.3 Å². The Morgan fingerprint density at radius 3 is 1.44 bits per heavy atom. The van der Waals surface area contributed by atoms with Gasteiger partial charge in [0.15, 0.2) is 5.78 Å². The highest BCUT2D eigenvalue weighted by atomic mass is 16.1. The molecular formula is C15H26O. The predicted molar refractivity (Wildman–Crippen MR) is 71.6 cm³/mol. The van der Waals surface area contributed by atoms with E-state index in [0.717, 1.165) is 38.5 Å². The van der Waals surface area contributed by atoms with Crippen molar-refractivity contribution in [3.63, 3.8) is 0 Å². The SMILES string of the molecule is CCCC(=CC(=O)C=C(CC)CCC)CC. The monoisotopic (exact) mass is 222 g/mol. The zero-order valence-corrected chi connectivity index (χ0v) is 11.3. The van der Waals surface area contributed by atoms with Crippen LogP contribution in [0.2, 0.25) is 0 Å². The normalized spacial score (nSPS) is 13.0. The van der Waals surface area contributed by atoms with Crippen molar-refractivity contribution >= 4 is 5.78 Å². The van der Waals surface area contributed by atoms with Crippen molar-refractivity contribution in [2.45, 2.75) is 66.2 Å². The van der Waals surface area contributed by atoms with Gasteiger partial charge in [0.2, 0.25) is 0 Å². The average molecular weight is 222 g/mol. The Labute approximate surface area is 101 Å². The molecule has 0 heterocycles. The molecule has 0 aliphatic rings. The molecule has 0 aromatic rings. The fourth-order valence-electron chi connectivity index (χ4n) is 1.79. The molecule has 16 heavy (non-hydrogen) atoms. The Morgan fingerprint density at radius 1 is 0.812 bits per heavy atom. The maximum absolute atomic E-state index is 11.8. The van der Waals surface area contributed by atoms with E-state index < -0.39 is 0 Å². The third kappa shape index (κ3) is 6.60. The molecule has 1 nitrogen and oxygen atoms in total. The van der Waals surface area contributed by atoms with Crippen LogP contribution >= 0.6 is 0 Å². The largest absolute Gasteiger partial charge is 0.290 e. The Hall–Kier alpha value is -0.850. The topological polar surface area (TPSA) is 17.1 Å². The third-order valence-corrected chi connectivity index (χ3v) is 2.74. The van der Waals surface area contributed by atoms with Gasteiger partial charge in [0.1, 0.15) is 0 Å². The maximum atomic E-state index is 11.8. The minimum Gasteiger partial charge on any atom is -0.290 e. The molecule has 0 saturated carbocycles. The molecule has 1 heteroatoms. The molecule has 0 spiro atoms. The van der Waals surface area contributed by atoms with Gasteiger partial charge in [0, 0.05) is 0 Å². The summed E-state index contributed by atoms with van der Waals surface area (Å²) < 4.78 is 0. The Morgan fingerprint density at radius 2 is 1.19 bits per heavy atom. The van der Waals surface area contributed by atoms with E-state index in [1.165, 1.54) is 11.1 Å². The van der Waals surface area contributed by atoms with E-state index in [1.54, 1.807) is 0 Å². The van der Waals surface area contributed by atoms with Crippen LogP contribution < -0.4 is 0 Å². The van der Waals surface area contributed by atoms with E-state index in [9.17, 15) is 4.79 Å². The number of rotatable bonds is 8. The van der Waals surface area contributed by atoms with Gasteiger partial charge in [-0.1, -0.05) is 51.7 Å². The smallest absolute Gasteiger partial charge is 0.178 e. The molecule has 0 fully saturated rings. The summed E-state index contributed by atoms with van der Waals surface area (Å²) in [6, 6.07) is 0. The van der Waals surface area contributed by atoms with Crippen molar-refractivity contribution in [2.24, 2.45) is 0 Å². The Kier molecular flexibility index (Phi) is 8.88. The maximum Gasteiger partial charge on any atom is 0.178 e.